The van der Waals surface area contributed by atoms with Gasteiger partial charge in [-0.3, -0.25) is 0 Å². The second kappa shape index (κ2) is 9.96. The van der Waals surface area contributed by atoms with E-state index in [0.29, 0.717) is 19.0 Å². The highest BCUT2D eigenvalue weighted by Gasteiger charge is 2.22. The molecular formula is C14H28N2O4. The second-order valence-corrected chi connectivity index (χ2v) is 5.30. The van der Waals surface area contributed by atoms with Gasteiger partial charge in [0.25, 0.3) is 0 Å². The van der Waals surface area contributed by atoms with Crippen LogP contribution in [0.15, 0.2) is 0 Å². The predicted octanol–water partition coefficient (Wildman–Crippen LogP) is 1.10. The van der Waals surface area contributed by atoms with Gasteiger partial charge in [-0.25, -0.2) is 4.79 Å². The number of hydrogen-bond acceptors (Lipinski definition) is 4. The molecule has 1 rings (SSSR count). The molecule has 0 atom stereocenters. The van der Waals surface area contributed by atoms with Crippen LogP contribution in [-0.4, -0.2) is 78.7 Å². The van der Waals surface area contributed by atoms with Gasteiger partial charge in [-0.05, 0) is 31.7 Å². The summed E-state index contributed by atoms with van der Waals surface area (Å²) in [6, 6.07) is 0. The van der Waals surface area contributed by atoms with Crippen molar-refractivity contribution in [3.63, 3.8) is 0 Å². The lowest BCUT2D eigenvalue weighted by atomic mass is 9.98. The fourth-order valence-electron chi connectivity index (χ4n) is 2.50. The van der Waals surface area contributed by atoms with Crippen LogP contribution >= 0.6 is 0 Å². The van der Waals surface area contributed by atoms with Crippen LogP contribution in [0.1, 0.15) is 26.2 Å². The van der Waals surface area contributed by atoms with E-state index in [1.807, 2.05) is 0 Å². The van der Waals surface area contributed by atoms with E-state index in [9.17, 15) is 4.79 Å². The number of likely N-dealkylation sites (N-methyl/N-ethyl adjacent to an activating group) is 1. The maximum Gasteiger partial charge on any atom is 0.407 e. The fourth-order valence-corrected chi connectivity index (χ4v) is 2.50. The topological polar surface area (TPSA) is 73.2 Å². The third-order valence-corrected chi connectivity index (χ3v) is 3.87. The van der Waals surface area contributed by atoms with Gasteiger partial charge in [-0.1, -0.05) is 6.92 Å². The molecule has 6 heteroatoms. The standard InChI is InChI=1S/C14H28N2O4/c1-2-15(9-10-17)6-3-11-20-12-13-4-7-16(8-5-13)14(18)19/h13,17H,2-12H2,1H3,(H,18,19). The summed E-state index contributed by atoms with van der Waals surface area (Å²) in [4.78, 5) is 14.5. The lowest BCUT2D eigenvalue weighted by Gasteiger charge is -2.29. The van der Waals surface area contributed by atoms with Gasteiger partial charge in [0.2, 0.25) is 0 Å². The quantitative estimate of drug-likeness (QED) is 0.622. The summed E-state index contributed by atoms with van der Waals surface area (Å²) >= 11 is 0. The number of rotatable bonds is 9. The van der Waals surface area contributed by atoms with Crippen molar-refractivity contribution in [2.45, 2.75) is 26.2 Å². The molecule has 0 unspecified atom stereocenters. The number of carbonyl (C=O) groups is 1. The van der Waals surface area contributed by atoms with Gasteiger partial charge in [-0.2, -0.15) is 0 Å². The van der Waals surface area contributed by atoms with Gasteiger partial charge < -0.3 is 24.7 Å². The zero-order chi connectivity index (χ0) is 14.8. The van der Waals surface area contributed by atoms with Crippen molar-refractivity contribution in [1.82, 2.24) is 9.80 Å². The van der Waals surface area contributed by atoms with Crippen LogP contribution in [-0.2, 0) is 4.74 Å². The molecule has 1 saturated heterocycles. The molecule has 0 aromatic rings. The highest BCUT2D eigenvalue weighted by atomic mass is 16.5. The van der Waals surface area contributed by atoms with E-state index < -0.39 is 6.09 Å². The molecule has 0 aromatic carbocycles. The minimum Gasteiger partial charge on any atom is -0.465 e. The first kappa shape index (κ1) is 17.2. The normalized spacial score (nSPS) is 16.9. The molecule has 6 nitrogen and oxygen atoms in total. The van der Waals surface area contributed by atoms with Gasteiger partial charge in [0.05, 0.1) is 6.61 Å². The Morgan fingerprint density at radius 2 is 2.05 bits per heavy atom. The molecule has 0 spiro atoms. The SMILES string of the molecule is CCN(CCO)CCCOCC1CCN(C(=O)O)CC1. The molecule has 118 valence electrons. The van der Waals surface area contributed by atoms with Crippen LogP contribution in [0.4, 0.5) is 4.79 Å². The molecule has 0 aromatic heterocycles. The summed E-state index contributed by atoms with van der Waals surface area (Å²) < 4.78 is 5.69. The first-order valence-corrected chi connectivity index (χ1v) is 7.56. The maximum atomic E-state index is 10.8. The van der Waals surface area contributed by atoms with Crippen molar-refractivity contribution >= 4 is 6.09 Å². The van der Waals surface area contributed by atoms with Crippen molar-refractivity contribution in [2.75, 3.05) is 52.5 Å². The first-order chi connectivity index (χ1) is 9.67. The van der Waals surface area contributed by atoms with E-state index in [0.717, 1.165) is 52.1 Å². The minimum atomic E-state index is -0.812. The Bertz CT molecular complexity index is 268. The maximum absolute atomic E-state index is 10.8. The van der Waals surface area contributed by atoms with Gasteiger partial charge >= 0.3 is 6.09 Å². The van der Waals surface area contributed by atoms with Crippen LogP contribution in [0.5, 0.6) is 0 Å². The Hall–Kier alpha value is -0.850. The van der Waals surface area contributed by atoms with E-state index in [-0.39, 0.29) is 6.61 Å². The molecule has 1 fully saturated rings. The molecule has 1 aliphatic rings. The summed E-state index contributed by atoms with van der Waals surface area (Å²) in [6.07, 6.45) is 1.96. The van der Waals surface area contributed by atoms with E-state index in [1.165, 1.54) is 4.90 Å². The van der Waals surface area contributed by atoms with Gasteiger partial charge in [0.15, 0.2) is 0 Å². The van der Waals surface area contributed by atoms with Gasteiger partial charge in [0.1, 0.15) is 0 Å². The number of amides is 1. The molecule has 1 heterocycles. The fraction of sp³-hybridized carbons (Fsp3) is 0.929. The molecule has 0 radical (unpaired) electrons. The molecule has 1 amide bonds. The molecule has 1 aliphatic heterocycles. The zero-order valence-electron chi connectivity index (χ0n) is 12.5. The first-order valence-electron chi connectivity index (χ1n) is 7.56. The largest absolute Gasteiger partial charge is 0.465 e. The zero-order valence-corrected chi connectivity index (χ0v) is 12.5. The molecule has 20 heavy (non-hydrogen) atoms. The van der Waals surface area contributed by atoms with Crippen molar-refractivity contribution in [1.29, 1.82) is 0 Å². The number of aliphatic hydroxyl groups excluding tert-OH is 1. The number of likely N-dealkylation sites (tertiary alicyclic amines) is 1. The third kappa shape index (κ3) is 6.54. The summed E-state index contributed by atoms with van der Waals surface area (Å²) in [5, 5.41) is 17.7. The van der Waals surface area contributed by atoms with Crippen LogP contribution in [0.25, 0.3) is 0 Å². The lowest BCUT2D eigenvalue weighted by molar-refractivity contribution is 0.0598. The highest BCUT2D eigenvalue weighted by Crippen LogP contribution is 2.17. The smallest absolute Gasteiger partial charge is 0.407 e. The number of aliphatic hydroxyl groups is 1. The summed E-state index contributed by atoms with van der Waals surface area (Å²) in [7, 11) is 0. The molecule has 2 N–H and O–H groups in total. The molecule has 0 bridgehead atoms. The Balaban J connectivity index is 2.01. The average molecular weight is 288 g/mol. The van der Waals surface area contributed by atoms with E-state index in [2.05, 4.69) is 11.8 Å². The monoisotopic (exact) mass is 288 g/mol. The third-order valence-electron chi connectivity index (χ3n) is 3.87. The van der Waals surface area contributed by atoms with E-state index in [1.54, 1.807) is 0 Å². The van der Waals surface area contributed by atoms with Crippen LogP contribution in [0.2, 0.25) is 0 Å². The van der Waals surface area contributed by atoms with Gasteiger partial charge in [0, 0.05) is 39.4 Å². The highest BCUT2D eigenvalue weighted by molar-refractivity contribution is 5.64. The molecular weight excluding hydrogens is 260 g/mol. The van der Waals surface area contributed by atoms with Crippen molar-refractivity contribution in [3.8, 4) is 0 Å². The van der Waals surface area contributed by atoms with Crippen LogP contribution in [0.3, 0.4) is 0 Å². The number of ether oxygens (including phenoxy) is 1. The molecule has 0 saturated carbocycles. The minimum absolute atomic E-state index is 0.205. The van der Waals surface area contributed by atoms with Crippen molar-refractivity contribution in [3.05, 3.63) is 0 Å². The number of carboxylic acid groups (broad SMARTS) is 1. The Morgan fingerprint density at radius 3 is 2.60 bits per heavy atom. The van der Waals surface area contributed by atoms with Gasteiger partial charge in [-0.15, -0.1) is 0 Å². The van der Waals surface area contributed by atoms with E-state index >= 15 is 0 Å². The van der Waals surface area contributed by atoms with Crippen molar-refractivity contribution < 1.29 is 19.7 Å². The Morgan fingerprint density at radius 1 is 1.35 bits per heavy atom. The van der Waals surface area contributed by atoms with Crippen LogP contribution in [0, 0.1) is 5.92 Å². The van der Waals surface area contributed by atoms with E-state index in [4.69, 9.17) is 14.9 Å². The average Bonchev–Trinajstić information content (AvgIpc) is 2.46. The summed E-state index contributed by atoms with van der Waals surface area (Å²) in [5.74, 6) is 0.491. The Kier molecular flexibility index (Phi) is 8.57. The summed E-state index contributed by atoms with van der Waals surface area (Å²) in [6.45, 7) is 7.66. The number of nitrogens with zero attached hydrogens (tertiary/aromatic N) is 2. The van der Waals surface area contributed by atoms with Crippen LogP contribution < -0.4 is 0 Å². The predicted molar refractivity (Wildman–Crippen MR) is 77.0 cm³/mol. The lowest BCUT2D eigenvalue weighted by Crippen LogP contribution is -2.38. The number of hydrogen-bond donors (Lipinski definition) is 2. The summed E-state index contributed by atoms with van der Waals surface area (Å²) in [5.41, 5.74) is 0. The molecule has 0 aliphatic carbocycles. The number of piperidine rings is 1. The van der Waals surface area contributed by atoms with Crippen molar-refractivity contribution in [2.24, 2.45) is 5.92 Å². The Labute approximate surface area is 121 Å². The second-order valence-electron chi connectivity index (χ2n) is 5.30.